The zero-order valence-electron chi connectivity index (χ0n) is 10.2. The van der Waals surface area contributed by atoms with Crippen LogP contribution in [0.15, 0.2) is 28.7 Å². The molecule has 1 unspecified atom stereocenters. The summed E-state index contributed by atoms with van der Waals surface area (Å²) in [4.78, 5) is 11.2. The summed E-state index contributed by atoms with van der Waals surface area (Å²) in [5.74, 6) is -4.93. The second kappa shape index (κ2) is 5.38. The highest BCUT2D eigenvalue weighted by molar-refractivity contribution is 5.86. The van der Waals surface area contributed by atoms with Crippen molar-refractivity contribution in [2.24, 2.45) is 0 Å². The van der Waals surface area contributed by atoms with Crippen molar-refractivity contribution in [1.29, 1.82) is 0 Å². The van der Waals surface area contributed by atoms with Gasteiger partial charge in [0.2, 0.25) is 5.76 Å². The Hall–Kier alpha value is -2.28. The van der Waals surface area contributed by atoms with Crippen LogP contribution in [0, 0.1) is 17.5 Å². The Labute approximate surface area is 111 Å². The average Bonchev–Trinajstić information content (AvgIpc) is 2.86. The second-order valence-corrected chi connectivity index (χ2v) is 3.88. The molecule has 0 amide bonds. The van der Waals surface area contributed by atoms with Crippen molar-refractivity contribution < 1.29 is 32.2 Å². The van der Waals surface area contributed by atoms with E-state index in [-0.39, 0.29) is 11.5 Å². The first kappa shape index (κ1) is 14.1. The number of hydrogen-bond donors (Lipinski definition) is 1. The molecule has 106 valence electrons. The molecule has 4 nitrogen and oxygen atoms in total. The van der Waals surface area contributed by atoms with E-state index in [1.54, 1.807) is 0 Å². The summed E-state index contributed by atoms with van der Waals surface area (Å²) in [5.41, 5.74) is -0.767. The lowest BCUT2D eigenvalue weighted by Crippen LogP contribution is -2.06. The van der Waals surface area contributed by atoms with Crippen LogP contribution in [0.3, 0.4) is 0 Å². The van der Waals surface area contributed by atoms with Crippen LogP contribution >= 0.6 is 0 Å². The van der Waals surface area contributed by atoms with Gasteiger partial charge in [0.25, 0.3) is 0 Å². The van der Waals surface area contributed by atoms with Crippen molar-refractivity contribution in [3.05, 3.63) is 58.8 Å². The average molecular weight is 286 g/mol. The number of methoxy groups -OCH3 is 1. The van der Waals surface area contributed by atoms with Gasteiger partial charge in [-0.25, -0.2) is 18.0 Å². The summed E-state index contributed by atoms with van der Waals surface area (Å²) in [6, 6.07) is 3.22. The summed E-state index contributed by atoms with van der Waals surface area (Å²) in [5, 5.41) is 9.86. The van der Waals surface area contributed by atoms with Crippen LogP contribution in [-0.2, 0) is 4.74 Å². The predicted molar refractivity (Wildman–Crippen MR) is 60.4 cm³/mol. The molecule has 0 aliphatic carbocycles. The number of carbonyl (C=O) groups excluding carboxylic acids is 1. The molecule has 1 heterocycles. The summed E-state index contributed by atoms with van der Waals surface area (Å²) in [7, 11) is 1.13. The van der Waals surface area contributed by atoms with Crippen molar-refractivity contribution >= 4 is 5.97 Å². The quantitative estimate of drug-likeness (QED) is 0.881. The van der Waals surface area contributed by atoms with Gasteiger partial charge in [-0.05, 0) is 12.1 Å². The molecule has 20 heavy (non-hydrogen) atoms. The van der Waals surface area contributed by atoms with Crippen molar-refractivity contribution in [2.45, 2.75) is 6.10 Å². The number of benzene rings is 1. The minimum absolute atomic E-state index is 0.232. The van der Waals surface area contributed by atoms with Gasteiger partial charge in [0.1, 0.15) is 29.3 Å². The first-order valence-corrected chi connectivity index (χ1v) is 5.44. The van der Waals surface area contributed by atoms with Crippen LogP contribution in [0.5, 0.6) is 0 Å². The van der Waals surface area contributed by atoms with E-state index in [1.165, 1.54) is 12.1 Å². The van der Waals surface area contributed by atoms with Crippen LogP contribution in [0.1, 0.15) is 28.0 Å². The lowest BCUT2D eigenvalue weighted by atomic mass is 10.1. The Morgan fingerprint density at radius 1 is 1.25 bits per heavy atom. The molecule has 2 rings (SSSR count). The molecule has 0 aliphatic rings. The number of ether oxygens (including phenoxy) is 1. The van der Waals surface area contributed by atoms with E-state index >= 15 is 0 Å². The van der Waals surface area contributed by atoms with Gasteiger partial charge in [-0.1, -0.05) is 0 Å². The van der Waals surface area contributed by atoms with Gasteiger partial charge in [0.15, 0.2) is 0 Å². The normalized spacial score (nSPS) is 12.2. The number of furan rings is 1. The number of esters is 1. The third-order valence-electron chi connectivity index (χ3n) is 2.60. The van der Waals surface area contributed by atoms with Crippen molar-refractivity contribution in [2.75, 3.05) is 7.11 Å². The monoisotopic (exact) mass is 286 g/mol. The summed E-state index contributed by atoms with van der Waals surface area (Å²) >= 11 is 0. The smallest absolute Gasteiger partial charge is 0.373 e. The van der Waals surface area contributed by atoms with Gasteiger partial charge in [-0.2, -0.15) is 0 Å². The molecular formula is C13H9F3O4. The fourth-order valence-corrected chi connectivity index (χ4v) is 1.67. The SMILES string of the molecule is COC(=O)c1ccc(C(O)c2c(F)cc(F)cc2F)o1. The molecule has 1 aromatic heterocycles. The topological polar surface area (TPSA) is 59.7 Å². The molecule has 1 atom stereocenters. The van der Waals surface area contributed by atoms with Crippen LogP contribution in [-0.4, -0.2) is 18.2 Å². The third-order valence-corrected chi connectivity index (χ3v) is 2.60. The molecule has 0 saturated heterocycles. The van der Waals surface area contributed by atoms with Gasteiger partial charge in [-0.15, -0.1) is 0 Å². The molecule has 1 aromatic carbocycles. The molecule has 0 radical (unpaired) electrons. The Morgan fingerprint density at radius 3 is 2.40 bits per heavy atom. The molecule has 0 fully saturated rings. The van der Waals surface area contributed by atoms with E-state index in [2.05, 4.69) is 4.74 Å². The molecule has 1 N–H and O–H groups in total. The van der Waals surface area contributed by atoms with Crippen LogP contribution in [0.2, 0.25) is 0 Å². The van der Waals surface area contributed by atoms with E-state index < -0.39 is 35.1 Å². The summed E-state index contributed by atoms with van der Waals surface area (Å²) in [6.07, 6.45) is -1.81. The molecule has 0 spiro atoms. The first-order valence-electron chi connectivity index (χ1n) is 5.44. The highest BCUT2D eigenvalue weighted by atomic mass is 19.1. The Balaban J connectivity index is 2.39. The maximum absolute atomic E-state index is 13.5. The van der Waals surface area contributed by atoms with Gasteiger partial charge in [0, 0.05) is 12.1 Å². The summed E-state index contributed by atoms with van der Waals surface area (Å²) in [6.45, 7) is 0. The van der Waals surface area contributed by atoms with Crippen molar-refractivity contribution in [3.63, 3.8) is 0 Å². The van der Waals surface area contributed by atoms with Crippen molar-refractivity contribution in [3.8, 4) is 0 Å². The number of aliphatic hydroxyl groups is 1. The molecular weight excluding hydrogens is 277 g/mol. The van der Waals surface area contributed by atoms with Gasteiger partial charge in [0.05, 0.1) is 12.7 Å². The van der Waals surface area contributed by atoms with Crippen molar-refractivity contribution in [1.82, 2.24) is 0 Å². The maximum atomic E-state index is 13.5. The highest BCUT2D eigenvalue weighted by Crippen LogP contribution is 2.28. The largest absolute Gasteiger partial charge is 0.463 e. The van der Waals surface area contributed by atoms with E-state index in [0.717, 1.165) is 7.11 Å². The number of hydrogen-bond acceptors (Lipinski definition) is 4. The van der Waals surface area contributed by atoms with Gasteiger partial charge in [-0.3, -0.25) is 0 Å². The summed E-state index contributed by atoms with van der Waals surface area (Å²) < 4.78 is 49.1. The van der Waals surface area contributed by atoms with Gasteiger partial charge >= 0.3 is 5.97 Å². The Morgan fingerprint density at radius 2 is 1.85 bits per heavy atom. The van der Waals surface area contributed by atoms with E-state index in [1.807, 2.05) is 0 Å². The standard InChI is InChI=1S/C13H9F3O4/c1-19-13(18)10-3-2-9(20-10)12(17)11-7(15)4-6(14)5-8(11)16/h2-5,12,17H,1H3. The fourth-order valence-electron chi connectivity index (χ4n) is 1.67. The molecule has 2 aromatic rings. The number of rotatable bonds is 3. The maximum Gasteiger partial charge on any atom is 0.373 e. The minimum atomic E-state index is -1.81. The van der Waals surface area contributed by atoms with E-state index in [4.69, 9.17) is 4.42 Å². The van der Waals surface area contributed by atoms with Crippen LogP contribution in [0.4, 0.5) is 13.2 Å². The minimum Gasteiger partial charge on any atom is -0.463 e. The predicted octanol–water partition coefficient (Wildman–Crippen LogP) is 2.57. The fraction of sp³-hybridized carbons (Fsp3) is 0.154. The van der Waals surface area contributed by atoms with Crippen LogP contribution < -0.4 is 0 Å². The van der Waals surface area contributed by atoms with Gasteiger partial charge < -0.3 is 14.3 Å². The molecule has 0 bridgehead atoms. The second-order valence-electron chi connectivity index (χ2n) is 3.88. The molecule has 0 saturated carbocycles. The Kier molecular flexibility index (Phi) is 3.80. The Bertz CT molecular complexity index is 628. The van der Waals surface area contributed by atoms with E-state index in [0.29, 0.717) is 12.1 Å². The zero-order valence-corrected chi connectivity index (χ0v) is 10.2. The van der Waals surface area contributed by atoms with Crippen LogP contribution in [0.25, 0.3) is 0 Å². The lowest BCUT2D eigenvalue weighted by Gasteiger charge is -2.10. The van der Waals surface area contributed by atoms with E-state index in [9.17, 15) is 23.1 Å². The third kappa shape index (κ3) is 2.53. The number of aliphatic hydroxyl groups excluding tert-OH is 1. The number of halogens is 3. The zero-order chi connectivity index (χ0) is 14.9. The lowest BCUT2D eigenvalue weighted by molar-refractivity contribution is 0.0557. The highest BCUT2D eigenvalue weighted by Gasteiger charge is 2.24. The first-order chi connectivity index (χ1) is 9.43. The molecule has 0 aliphatic heterocycles. The molecule has 7 heteroatoms. The number of carbonyl (C=O) groups is 1.